The van der Waals surface area contributed by atoms with Crippen LogP contribution in [-0.2, 0) is 9.53 Å². The Kier molecular flexibility index (Phi) is 20.6. The van der Waals surface area contributed by atoms with E-state index in [1.165, 1.54) is 44.9 Å². The molecule has 0 aliphatic carbocycles. The molecule has 0 bridgehead atoms. The van der Waals surface area contributed by atoms with Crippen molar-refractivity contribution in [1.82, 2.24) is 0 Å². The largest absolute Gasteiger partial charge is 0.466 e. The molecule has 0 saturated carbocycles. The van der Waals surface area contributed by atoms with E-state index in [0.29, 0.717) is 13.0 Å². The van der Waals surface area contributed by atoms with Crippen LogP contribution >= 0.6 is 0 Å². The summed E-state index contributed by atoms with van der Waals surface area (Å²) in [7, 11) is 0. The second-order valence-electron chi connectivity index (χ2n) is 6.90. The molecular formula is C24H42O2. The Morgan fingerprint density at radius 2 is 1.15 bits per heavy atom. The molecule has 0 aromatic rings. The quantitative estimate of drug-likeness (QED) is 0.142. The van der Waals surface area contributed by atoms with Gasteiger partial charge in [-0.1, -0.05) is 69.6 Å². The Morgan fingerprint density at radius 3 is 1.73 bits per heavy atom. The Balaban J connectivity index is 3.32. The van der Waals surface area contributed by atoms with Crippen LogP contribution in [0.15, 0.2) is 36.5 Å². The van der Waals surface area contributed by atoms with Crippen molar-refractivity contribution in [2.24, 2.45) is 0 Å². The molecular weight excluding hydrogens is 320 g/mol. The lowest BCUT2D eigenvalue weighted by Gasteiger charge is -2.02. The average Bonchev–Trinajstić information content (AvgIpc) is 2.64. The van der Waals surface area contributed by atoms with Crippen molar-refractivity contribution in [3.05, 3.63) is 36.5 Å². The van der Waals surface area contributed by atoms with Crippen LogP contribution in [0.3, 0.4) is 0 Å². The topological polar surface area (TPSA) is 26.3 Å². The molecule has 0 fully saturated rings. The Bertz CT molecular complexity index is 380. The highest BCUT2D eigenvalue weighted by Gasteiger charge is 2.00. The molecule has 0 spiro atoms. The van der Waals surface area contributed by atoms with E-state index in [9.17, 15) is 4.79 Å². The fourth-order valence-electron chi connectivity index (χ4n) is 2.55. The van der Waals surface area contributed by atoms with Crippen molar-refractivity contribution in [3.8, 4) is 0 Å². The zero-order valence-electron chi connectivity index (χ0n) is 17.4. The van der Waals surface area contributed by atoms with E-state index in [0.717, 1.165) is 38.5 Å². The minimum Gasteiger partial charge on any atom is -0.466 e. The standard InChI is InChI=1S/C24H42O2/c1-3-5-7-8-9-10-11-12-13-14-15-16-17-18-19-20-21-22-24(25)26-23-6-4-2/h9-10,12-13,18-19H,3-8,11,14-17,20-23H2,1-2H3/b10-9+,13-12+,19-18+. The van der Waals surface area contributed by atoms with Crippen LogP contribution in [0.4, 0.5) is 0 Å². The Labute approximate surface area is 162 Å². The van der Waals surface area contributed by atoms with Crippen LogP contribution in [0.2, 0.25) is 0 Å². The number of hydrogen-bond donors (Lipinski definition) is 0. The maximum absolute atomic E-state index is 11.4. The number of ether oxygens (including phenoxy) is 1. The summed E-state index contributed by atoms with van der Waals surface area (Å²) < 4.78 is 5.14. The maximum Gasteiger partial charge on any atom is 0.305 e. The van der Waals surface area contributed by atoms with Crippen LogP contribution < -0.4 is 0 Å². The number of esters is 1. The summed E-state index contributed by atoms with van der Waals surface area (Å²) in [5, 5.41) is 0. The Hall–Kier alpha value is -1.31. The van der Waals surface area contributed by atoms with Crippen LogP contribution in [0.25, 0.3) is 0 Å². The van der Waals surface area contributed by atoms with Gasteiger partial charge >= 0.3 is 5.97 Å². The molecule has 0 heterocycles. The first kappa shape index (κ1) is 24.7. The summed E-state index contributed by atoms with van der Waals surface area (Å²) in [6, 6.07) is 0. The molecule has 0 unspecified atom stereocenters. The van der Waals surface area contributed by atoms with E-state index >= 15 is 0 Å². The van der Waals surface area contributed by atoms with Gasteiger partial charge in [-0.25, -0.2) is 0 Å². The number of hydrogen-bond acceptors (Lipinski definition) is 2. The lowest BCUT2D eigenvalue weighted by atomic mass is 10.1. The predicted molar refractivity (Wildman–Crippen MR) is 114 cm³/mol. The average molecular weight is 363 g/mol. The van der Waals surface area contributed by atoms with E-state index in [-0.39, 0.29) is 5.97 Å². The van der Waals surface area contributed by atoms with Gasteiger partial charge in [-0.3, -0.25) is 4.79 Å². The molecule has 2 nitrogen and oxygen atoms in total. The van der Waals surface area contributed by atoms with Gasteiger partial charge in [-0.15, -0.1) is 0 Å². The lowest BCUT2D eigenvalue weighted by Crippen LogP contribution is -2.04. The minimum absolute atomic E-state index is 0.0468. The van der Waals surface area contributed by atoms with E-state index in [4.69, 9.17) is 4.74 Å². The fraction of sp³-hybridized carbons (Fsp3) is 0.708. The van der Waals surface area contributed by atoms with Gasteiger partial charge in [0.15, 0.2) is 0 Å². The SMILES string of the molecule is CCCCC/C=C/C/C=C/CCCC/C=C/CCCC(=O)OCCCC. The molecule has 0 amide bonds. The molecule has 0 aliphatic heterocycles. The van der Waals surface area contributed by atoms with Gasteiger partial charge in [0, 0.05) is 6.42 Å². The summed E-state index contributed by atoms with van der Waals surface area (Å²) in [4.78, 5) is 11.4. The van der Waals surface area contributed by atoms with E-state index in [1.54, 1.807) is 0 Å². The highest BCUT2D eigenvalue weighted by Crippen LogP contribution is 2.05. The third-order valence-corrected chi connectivity index (χ3v) is 4.25. The second-order valence-corrected chi connectivity index (χ2v) is 6.90. The summed E-state index contributed by atoms with van der Waals surface area (Å²) in [6.45, 7) is 4.92. The zero-order chi connectivity index (χ0) is 19.1. The van der Waals surface area contributed by atoms with Crippen LogP contribution in [-0.4, -0.2) is 12.6 Å². The van der Waals surface area contributed by atoms with Crippen molar-refractivity contribution in [2.75, 3.05) is 6.61 Å². The third kappa shape index (κ3) is 20.7. The van der Waals surface area contributed by atoms with Crippen molar-refractivity contribution in [1.29, 1.82) is 0 Å². The van der Waals surface area contributed by atoms with Gasteiger partial charge in [-0.2, -0.15) is 0 Å². The molecule has 0 saturated heterocycles. The minimum atomic E-state index is -0.0468. The maximum atomic E-state index is 11.4. The molecule has 0 aromatic carbocycles. The third-order valence-electron chi connectivity index (χ3n) is 4.25. The first-order valence-electron chi connectivity index (χ1n) is 10.9. The molecule has 0 N–H and O–H groups in total. The van der Waals surface area contributed by atoms with Crippen LogP contribution in [0.5, 0.6) is 0 Å². The molecule has 2 heteroatoms. The normalized spacial score (nSPS) is 11.9. The molecule has 0 rings (SSSR count). The van der Waals surface area contributed by atoms with Crippen LogP contribution in [0, 0.1) is 0 Å². The summed E-state index contributed by atoms with van der Waals surface area (Å²) in [5.41, 5.74) is 0. The van der Waals surface area contributed by atoms with Gasteiger partial charge in [0.25, 0.3) is 0 Å². The van der Waals surface area contributed by atoms with Crippen LogP contribution in [0.1, 0.15) is 104 Å². The van der Waals surface area contributed by atoms with E-state index in [2.05, 4.69) is 50.3 Å². The first-order valence-corrected chi connectivity index (χ1v) is 10.9. The fourth-order valence-corrected chi connectivity index (χ4v) is 2.55. The second kappa shape index (κ2) is 21.7. The summed E-state index contributed by atoms with van der Waals surface area (Å²) in [5.74, 6) is -0.0468. The van der Waals surface area contributed by atoms with Crippen molar-refractivity contribution < 1.29 is 9.53 Å². The molecule has 26 heavy (non-hydrogen) atoms. The van der Waals surface area contributed by atoms with Gasteiger partial charge < -0.3 is 4.74 Å². The summed E-state index contributed by atoms with van der Waals surface area (Å²) in [6.07, 6.45) is 29.2. The zero-order valence-corrected chi connectivity index (χ0v) is 17.4. The highest BCUT2D eigenvalue weighted by atomic mass is 16.5. The van der Waals surface area contributed by atoms with Gasteiger partial charge in [0.1, 0.15) is 0 Å². The number of allylic oxidation sites excluding steroid dienone is 6. The van der Waals surface area contributed by atoms with E-state index in [1.807, 2.05) is 0 Å². The number of carbonyl (C=O) groups excluding carboxylic acids is 1. The van der Waals surface area contributed by atoms with Gasteiger partial charge in [0.05, 0.1) is 6.61 Å². The van der Waals surface area contributed by atoms with Crippen molar-refractivity contribution in [2.45, 2.75) is 104 Å². The predicted octanol–water partition coefficient (Wildman–Crippen LogP) is 7.70. The Morgan fingerprint density at radius 1 is 0.654 bits per heavy atom. The molecule has 150 valence electrons. The lowest BCUT2D eigenvalue weighted by molar-refractivity contribution is -0.143. The molecule has 0 aliphatic rings. The number of unbranched alkanes of at least 4 members (excludes halogenated alkanes) is 8. The van der Waals surface area contributed by atoms with Crippen molar-refractivity contribution >= 4 is 5.97 Å². The number of carbonyl (C=O) groups is 1. The van der Waals surface area contributed by atoms with E-state index < -0.39 is 0 Å². The van der Waals surface area contributed by atoms with Gasteiger partial charge in [0.2, 0.25) is 0 Å². The number of rotatable bonds is 18. The summed E-state index contributed by atoms with van der Waals surface area (Å²) >= 11 is 0. The smallest absolute Gasteiger partial charge is 0.305 e. The van der Waals surface area contributed by atoms with Crippen molar-refractivity contribution in [3.63, 3.8) is 0 Å². The monoisotopic (exact) mass is 362 g/mol. The molecule has 0 aromatic heterocycles. The molecule has 0 radical (unpaired) electrons. The van der Waals surface area contributed by atoms with Gasteiger partial charge in [-0.05, 0) is 64.2 Å². The highest BCUT2D eigenvalue weighted by molar-refractivity contribution is 5.69. The molecule has 0 atom stereocenters. The first-order chi connectivity index (χ1) is 12.8.